The summed E-state index contributed by atoms with van der Waals surface area (Å²) < 4.78 is 19.9. The van der Waals surface area contributed by atoms with Crippen molar-refractivity contribution < 1.29 is 9.13 Å². The summed E-state index contributed by atoms with van der Waals surface area (Å²) in [6, 6.07) is 7.65. The van der Waals surface area contributed by atoms with Crippen LogP contribution in [0.2, 0.25) is 0 Å². The smallest absolute Gasteiger partial charge is 0.159 e. The number of hydrogen-bond donors (Lipinski definition) is 0. The van der Waals surface area contributed by atoms with Crippen LogP contribution in [0.3, 0.4) is 0 Å². The molecular formula is C29H45FN2O. The Morgan fingerprint density at radius 2 is 1.42 bits per heavy atom. The molecule has 0 amide bonds. The quantitative estimate of drug-likeness (QED) is 0.210. The van der Waals surface area contributed by atoms with E-state index in [0.717, 1.165) is 18.4 Å². The molecule has 0 fully saturated rings. The van der Waals surface area contributed by atoms with Crippen molar-refractivity contribution in [1.29, 1.82) is 0 Å². The van der Waals surface area contributed by atoms with Gasteiger partial charge in [-0.1, -0.05) is 85.0 Å². The molecule has 2 rings (SSSR count). The lowest BCUT2D eigenvalue weighted by atomic mass is 9.98. The maximum atomic E-state index is 14.3. The first kappa shape index (κ1) is 27.3. The number of nitrogens with zero attached hydrogens (tertiary/aromatic N) is 2. The van der Waals surface area contributed by atoms with E-state index in [4.69, 9.17) is 4.74 Å². The van der Waals surface area contributed by atoms with Crippen LogP contribution >= 0.6 is 0 Å². The summed E-state index contributed by atoms with van der Waals surface area (Å²) in [5.41, 5.74) is 2.15. The predicted molar refractivity (Wildman–Crippen MR) is 137 cm³/mol. The first-order valence-corrected chi connectivity index (χ1v) is 13.3. The fourth-order valence-electron chi connectivity index (χ4n) is 4.17. The highest BCUT2D eigenvalue weighted by Crippen LogP contribution is 2.21. The van der Waals surface area contributed by atoms with Gasteiger partial charge in [0, 0.05) is 18.0 Å². The van der Waals surface area contributed by atoms with E-state index in [0.29, 0.717) is 23.9 Å². The molecule has 2 unspecified atom stereocenters. The van der Waals surface area contributed by atoms with Gasteiger partial charge in [0.1, 0.15) is 18.5 Å². The van der Waals surface area contributed by atoms with E-state index in [1.54, 1.807) is 0 Å². The van der Waals surface area contributed by atoms with E-state index in [9.17, 15) is 4.39 Å². The van der Waals surface area contributed by atoms with E-state index in [-0.39, 0.29) is 6.61 Å². The maximum Gasteiger partial charge on any atom is 0.159 e. The van der Waals surface area contributed by atoms with Crippen LogP contribution in [-0.2, 0) is 6.42 Å². The van der Waals surface area contributed by atoms with Gasteiger partial charge in [-0.05, 0) is 55.0 Å². The molecule has 3 nitrogen and oxygen atoms in total. The van der Waals surface area contributed by atoms with Crippen molar-refractivity contribution >= 4 is 0 Å². The van der Waals surface area contributed by atoms with Crippen molar-refractivity contribution in [3.63, 3.8) is 0 Å². The third-order valence-electron chi connectivity index (χ3n) is 6.28. The van der Waals surface area contributed by atoms with Crippen molar-refractivity contribution in [1.82, 2.24) is 9.97 Å². The number of ether oxygens (including phenoxy) is 1. The first-order chi connectivity index (χ1) is 16.1. The van der Waals surface area contributed by atoms with Gasteiger partial charge in [-0.2, -0.15) is 0 Å². The van der Waals surface area contributed by atoms with E-state index in [1.165, 1.54) is 69.8 Å². The fraction of sp³-hybridized carbons (Fsp3) is 0.655. The number of benzene rings is 1. The molecule has 2 atom stereocenters. The molecule has 0 aliphatic carbocycles. The second-order valence-electron chi connectivity index (χ2n) is 9.56. The van der Waals surface area contributed by atoms with Crippen molar-refractivity contribution in [2.75, 3.05) is 6.61 Å². The Balaban J connectivity index is 1.70. The minimum Gasteiger partial charge on any atom is -0.491 e. The van der Waals surface area contributed by atoms with Gasteiger partial charge in [-0.15, -0.1) is 0 Å². The van der Waals surface area contributed by atoms with Crippen molar-refractivity contribution in [2.24, 2.45) is 5.92 Å². The van der Waals surface area contributed by atoms with Crippen LogP contribution in [0.1, 0.15) is 103 Å². The Morgan fingerprint density at radius 1 is 0.818 bits per heavy atom. The number of alkyl halides is 1. The monoisotopic (exact) mass is 456 g/mol. The van der Waals surface area contributed by atoms with Crippen molar-refractivity contribution in [2.45, 2.75) is 110 Å². The van der Waals surface area contributed by atoms with Gasteiger partial charge < -0.3 is 4.74 Å². The summed E-state index contributed by atoms with van der Waals surface area (Å²) in [6.07, 6.45) is 18.5. The normalized spacial score (nSPS) is 13.1. The molecule has 0 N–H and O–H groups in total. The molecule has 0 saturated carbocycles. The van der Waals surface area contributed by atoms with Crippen LogP contribution < -0.4 is 4.74 Å². The van der Waals surface area contributed by atoms with Gasteiger partial charge in [0.15, 0.2) is 5.82 Å². The molecule has 33 heavy (non-hydrogen) atoms. The minimum absolute atomic E-state index is 0.112. The molecule has 0 aliphatic rings. The molecule has 1 heterocycles. The van der Waals surface area contributed by atoms with E-state index in [2.05, 4.69) is 30.7 Å². The molecule has 1 aromatic carbocycles. The largest absolute Gasteiger partial charge is 0.491 e. The minimum atomic E-state index is -0.923. The van der Waals surface area contributed by atoms with Gasteiger partial charge in [0.05, 0.1) is 0 Å². The summed E-state index contributed by atoms with van der Waals surface area (Å²) in [5, 5.41) is 0. The predicted octanol–water partition coefficient (Wildman–Crippen LogP) is 8.76. The zero-order chi connectivity index (χ0) is 23.7. The maximum absolute atomic E-state index is 14.3. The van der Waals surface area contributed by atoms with Gasteiger partial charge in [0.2, 0.25) is 0 Å². The van der Waals surface area contributed by atoms with Gasteiger partial charge in [0.25, 0.3) is 0 Å². The zero-order valence-electron chi connectivity index (χ0n) is 21.2. The molecule has 4 heteroatoms. The zero-order valence-corrected chi connectivity index (χ0v) is 21.2. The summed E-state index contributed by atoms with van der Waals surface area (Å²) >= 11 is 0. The fourth-order valence-corrected chi connectivity index (χ4v) is 4.17. The summed E-state index contributed by atoms with van der Waals surface area (Å²) in [7, 11) is 0. The summed E-state index contributed by atoms with van der Waals surface area (Å²) in [4.78, 5) is 9.09. The average molecular weight is 457 g/mol. The first-order valence-electron chi connectivity index (χ1n) is 13.3. The molecule has 0 bridgehead atoms. The van der Waals surface area contributed by atoms with E-state index in [1.807, 2.05) is 36.7 Å². The molecule has 0 spiro atoms. The highest BCUT2D eigenvalue weighted by molar-refractivity contribution is 5.55. The van der Waals surface area contributed by atoms with Crippen LogP contribution in [0.4, 0.5) is 4.39 Å². The Hall–Kier alpha value is -1.97. The number of hydrogen-bond acceptors (Lipinski definition) is 3. The van der Waals surface area contributed by atoms with Crippen molar-refractivity contribution in [3.8, 4) is 17.1 Å². The number of aromatic nitrogens is 2. The topological polar surface area (TPSA) is 35.0 Å². The lowest BCUT2D eigenvalue weighted by Crippen LogP contribution is -2.16. The Morgan fingerprint density at radius 3 is 2.09 bits per heavy atom. The summed E-state index contributed by atoms with van der Waals surface area (Å²) in [6.45, 7) is 6.70. The van der Waals surface area contributed by atoms with E-state index < -0.39 is 6.17 Å². The lowest BCUT2D eigenvalue weighted by Gasteiger charge is -2.15. The SMILES string of the molecule is CCCCCCCCCc1cnc(-c2ccc(OCC(F)CC(C)CCCCC)cc2)nc1. The molecule has 1 aromatic heterocycles. The summed E-state index contributed by atoms with van der Waals surface area (Å²) in [5.74, 6) is 1.81. The van der Waals surface area contributed by atoms with Crippen LogP contribution in [0, 0.1) is 5.92 Å². The number of unbranched alkanes of at least 4 members (excludes halogenated alkanes) is 8. The second kappa shape index (κ2) is 16.6. The Bertz CT molecular complexity index is 732. The van der Waals surface area contributed by atoms with Crippen molar-refractivity contribution in [3.05, 3.63) is 42.2 Å². The number of rotatable bonds is 18. The number of aryl methyl sites for hydroxylation is 1. The van der Waals surface area contributed by atoms with Gasteiger partial charge in [-0.3, -0.25) is 0 Å². The third kappa shape index (κ3) is 11.6. The second-order valence-corrected chi connectivity index (χ2v) is 9.56. The van der Waals surface area contributed by atoms with Gasteiger partial charge >= 0.3 is 0 Å². The average Bonchev–Trinajstić information content (AvgIpc) is 2.83. The Labute approximate surface area is 201 Å². The molecule has 2 aromatic rings. The van der Waals surface area contributed by atoms with Crippen LogP contribution in [-0.4, -0.2) is 22.7 Å². The van der Waals surface area contributed by atoms with Crippen LogP contribution in [0.15, 0.2) is 36.7 Å². The highest BCUT2D eigenvalue weighted by Gasteiger charge is 2.13. The molecule has 0 radical (unpaired) electrons. The lowest BCUT2D eigenvalue weighted by molar-refractivity contribution is 0.168. The van der Waals surface area contributed by atoms with Crippen LogP contribution in [0.25, 0.3) is 11.4 Å². The van der Waals surface area contributed by atoms with Gasteiger partial charge in [-0.25, -0.2) is 14.4 Å². The Kier molecular flexibility index (Phi) is 13.7. The third-order valence-corrected chi connectivity index (χ3v) is 6.28. The molecule has 0 saturated heterocycles. The van der Waals surface area contributed by atoms with E-state index >= 15 is 0 Å². The standard InChI is InChI=1S/C29H45FN2O/c1-4-6-8-9-10-11-13-15-25-21-31-29(32-22-25)26-16-18-28(19-17-26)33-23-27(30)20-24(3)14-12-7-5-2/h16-19,21-22,24,27H,4-15,20,23H2,1-3H3. The molecule has 0 aliphatic heterocycles. The highest BCUT2D eigenvalue weighted by atomic mass is 19.1. The van der Waals surface area contributed by atoms with Crippen LogP contribution in [0.5, 0.6) is 5.75 Å². The molecule has 184 valence electrons. The molecular weight excluding hydrogens is 411 g/mol. The number of halogens is 1.